The third kappa shape index (κ3) is 26.5. The van der Waals surface area contributed by atoms with Gasteiger partial charge in [-0.1, -0.05) is 129 Å². The van der Waals surface area contributed by atoms with Gasteiger partial charge in [0.15, 0.2) is 6.61 Å². The maximum Gasteiger partial charge on any atom is 0.653 e. The Morgan fingerprint density at radius 1 is 0.583 bits per heavy atom. The molecule has 0 rings (SSSR count). The maximum atomic E-state index is 9.76. The quantitative estimate of drug-likeness (QED) is 0.0254. The van der Waals surface area contributed by atoms with Gasteiger partial charge in [-0.25, -0.2) is 0 Å². The molecule has 5 nitrogen and oxygen atoms in total. The highest BCUT2D eigenvalue weighted by atomic mass is 27.3. The summed E-state index contributed by atoms with van der Waals surface area (Å²) in [5.41, 5.74) is 0. The number of unbranched alkanes of at least 4 members (excludes halogenated alkanes) is 18. The van der Waals surface area contributed by atoms with Gasteiger partial charge in [-0.15, -0.1) is 0 Å². The smallest absolute Gasteiger partial charge is 0.653 e. The Hall–Kier alpha value is -0.538. The molecular formula is C30H60AlO5. The molecule has 0 amide bonds. The van der Waals surface area contributed by atoms with Crippen molar-refractivity contribution in [2.24, 2.45) is 0 Å². The average Bonchev–Trinajstić information content (AvgIpc) is 2.85. The lowest BCUT2D eigenvalue weighted by Crippen LogP contribution is -2.28. The van der Waals surface area contributed by atoms with Crippen LogP contribution >= 0.6 is 0 Å². The van der Waals surface area contributed by atoms with Crippen molar-refractivity contribution in [3.05, 3.63) is 11.8 Å². The highest BCUT2D eigenvalue weighted by Gasteiger charge is 2.14. The number of allylic oxidation sites excluding steroid dienone is 1. The van der Waals surface area contributed by atoms with Gasteiger partial charge in [0.05, 0.1) is 0 Å². The third-order valence-electron chi connectivity index (χ3n) is 6.40. The normalized spacial score (nSPS) is 11.9. The molecule has 6 heteroatoms. The Morgan fingerprint density at radius 2 is 0.944 bits per heavy atom. The monoisotopic (exact) mass is 527 g/mol. The van der Waals surface area contributed by atoms with Gasteiger partial charge in [-0.3, -0.25) is 0 Å². The molecule has 0 saturated carbocycles. The summed E-state index contributed by atoms with van der Waals surface area (Å²) in [5, 5.41) is 0. The van der Waals surface area contributed by atoms with Crippen LogP contribution in [0.15, 0.2) is 11.8 Å². The lowest BCUT2D eigenvalue weighted by atomic mass is 10.1. The fourth-order valence-electron chi connectivity index (χ4n) is 4.20. The van der Waals surface area contributed by atoms with Gasteiger partial charge in [-0.2, -0.15) is 0 Å². The predicted molar refractivity (Wildman–Crippen MR) is 155 cm³/mol. The molecular weight excluding hydrogens is 467 g/mol. The van der Waals surface area contributed by atoms with Crippen molar-refractivity contribution < 1.29 is 20.9 Å². The van der Waals surface area contributed by atoms with E-state index >= 15 is 0 Å². The summed E-state index contributed by atoms with van der Waals surface area (Å²) in [6.45, 7) is 9.96. The molecule has 0 bridgehead atoms. The second-order valence-corrected chi connectivity index (χ2v) is 11.5. The minimum absolute atomic E-state index is 0.132. The second kappa shape index (κ2) is 29.0. The molecule has 0 spiro atoms. The zero-order valence-corrected chi connectivity index (χ0v) is 25.7. The highest BCUT2D eigenvalue weighted by Crippen LogP contribution is 2.13. The van der Waals surface area contributed by atoms with Crippen molar-refractivity contribution in [2.75, 3.05) is 19.8 Å². The molecule has 213 valence electrons. The van der Waals surface area contributed by atoms with Crippen LogP contribution in [-0.2, 0) is 16.1 Å². The van der Waals surface area contributed by atoms with Crippen molar-refractivity contribution in [1.29, 1.82) is 0 Å². The number of carbonyl (C=O) groups excluding carboxylic acids is 1. The Balaban J connectivity index is 4.07. The van der Waals surface area contributed by atoms with E-state index in [0.29, 0.717) is 25.6 Å². The second-order valence-electron chi connectivity index (χ2n) is 10.0. The molecule has 36 heavy (non-hydrogen) atoms. The van der Waals surface area contributed by atoms with Crippen LogP contribution in [0.3, 0.4) is 0 Å². The van der Waals surface area contributed by atoms with E-state index in [9.17, 15) is 4.79 Å². The van der Waals surface area contributed by atoms with Crippen molar-refractivity contribution >= 4 is 21.1 Å². The first kappa shape index (κ1) is 35.5. The molecule has 0 fully saturated rings. The molecule has 1 radical (unpaired) electrons. The number of ether oxygens (including phenoxy) is 1. The van der Waals surface area contributed by atoms with Crippen LogP contribution in [0.1, 0.15) is 156 Å². The maximum absolute atomic E-state index is 9.76. The third-order valence-corrected chi connectivity index (χ3v) is 7.98. The van der Waals surface area contributed by atoms with Gasteiger partial charge in [0, 0.05) is 5.76 Å². The van der Waals surface area contributed by atoms with Crippen molar-refractivity contribution in [3.63, 3.8) is 0 Å². The fourth-order valence-corrected chi connectivity index (χ4v) is 5.53. The Bertz CT molecular complexity index is 472. The van der Waals surface area contributed by atoms with E-state index in [1.165, 1.54) is 122 Å². The van der Waals surface area contributed by atoms with Crippen molar-refractivity contribution in [1.82, 2.24) is 0 Å². The Kier molecular flexibility index (Phi) is 28.6. The molecule has 0 heterocycles. The van der Waals surface area contributed by atoms with Crippen LogP contribution < -0.4 is 0 Å². The van der Waals surface area contributed by atoms with Crippen LogP contribution in [0.4, 0.5) is 0 Å². The van der Waals surface area contributed by atoms with Gasteiger partial charge in [-0.05, 0) is 39.9 Å². The predicted octanol–water partition coefficient (Wildman–Crippen LogP) is 9.31. The lowest BCUT2D eigenvalue weighted by molar-refractivity contribution is 0.113. The molecule has 1 N–H and O–H groups in total. The summed E-state index contributed by atoms with van der Waals surface area (Å²) < 4.78 is 23.1. The van der Waals surface area contributed by atoms with E-state index < -0.39 is 15.1 Å². The number of esters is 1. The van der Waals surface area contributed by atoms with Gasteiger partial charge in [0.2, 0.25) is 0 Å². The summed E-state index contributed by atoms with van der Waals surface area (Å²) in [4.78, 5) is 9.76. The van der Waals surface area contributed by atoms with Crippen LogP contribution in [0.25, 0.3) is 0 Å². The first-order chi connectivity index (χ1) is 17.6. The molecule has 0 aliphatic carbocycles. The molecule has 0 atom stereocenters. The number of hydrogen-bond acceptors (Lipinski definition) is 4. The summed E-state index contributed by atoms with van der Waals surface area (Å²) in [6.07, 6.45) is 27.6. The Morgan fingerprint density at radius 3 is 1.31 bits per heavy atom. The zero-order chi connectivity index (χ0) is 26.5. The van der Waals surface area contributed by atoms with Crippen LogP contribution in [0, 0.1) is 0 Å². The van der Waals surface area contributed by atoms with Crippen molar-refractivity contribution in [3.8, 4) is 0 Å². The minimum Gasteiger partial charge on any atom is -0.777 e. The van der Waals surface area contributed by atoms with E-state index in [1.54, 1.807) is 0 Å². The van der Waals surface area contributed by atoms with E-state index in [1.807, 2.05) is 13.8 Å². The molecule has 0 aromatic rings. The average molecular weight is 528 g/mol. The minimum atomic E-state index is -2.28. The Labute approximate surface area is 229 Å². The van der Waals surface area contributed by atoms with Gasteiger partial charge in [0.1, 0.15) is 6.08 Å². The van der Waals surface area contributed by atoms with Crippen molar-refractivity contribution in [2.45, 2.75) is 156 Å². The standard InChI is InChI=1S/2C12H25O.C6H10O3.Al/c2*1-2-3-4-5-6-7-8-9-10-11-12-13;1-3-9-6(8)4-5(2)7;/h2*2-12H2,1H3;4,7H,3H2,1-2H3;/q2*-1;;+2/b;;5-4-;. The SMILES string of the molecule is CCCCCCCCCCCC[O][Al-]([O]CCCCCCCCCCCC)[O]/C(C)=C\C(=[OH+])OCC. The summed E-state index contributed by atoms with van der Waals surface area (Å²) in [6, 6.07) is 0. The summed E-state index contributed by atoms with van der Waals surface area (Å²) in [5.74, 6) is 0.441. The van der Waals surface area contributed by atoms with Crippen LogP contribution in [-0.4, -0.2) is 45.7 Å². The van der Waals surface area contributed by atoms with Gasteiger partial charge in [0.25, 0.3) is 0 Å². The topological polar surface area (TPSA) is 58.3 Å². The highest BCUT2D eigenvalue weighted by molar-refractivity contribution is 6.36. The molecule has 0 aliphatic rings. The van der Waals surface area contributed by atoms with Gasteiger partial charge < -0.3 is 20.9 Å². The van der Waals surface area contributed by atoms with Crippen LogP contribution in [0.5, 0.6) is 0 Å². The summed E-state index contributed by atoms with van der Waals surface area (Å²) >= 11 is -2.28. The molecule has 0 aromatic carbocycles. The zero-order valence-electron chi connectivity index (χ0n) is 24.5. The lowest BCUT2D eigenvalue weighted by Gasteiger charge is -2.30. The fraction of sp³-hybridized carbons (Fsp3) is 0.900. The first-order valence-electron chi connectivity index (χ1n) is 15.4. The number of hydrogen-bond donors (Lipinski definition) is 0. The largest absolute Gasteiger partial charge is 0.777 e. The van der Waals surface area contributed by atoms with E-state index in [-0.39, 0.29) is 5.97 Å². The molecule has 0 aliphatic heterocycles. The molecule has 0 aromatic heterocycles. The van der Waals surface area contributed by atoms with E-state index in [4.69, 9.17) is 16.1 Å². The van der Waals surface area contributed by atoms with E-state index in [0.717, 1.165) is 12.8 Å². The molecule has 0 saturated heterocycles. The van der Waals surface area contributed by atoms with E-state index in [2.05, 4.69) is 13.8 Å². The first-order valence-corrected chi connectivity index (χ1v) is 16.8. The van der Waals surface area contributed by atoms with Crippen LogP contribution in [0.2, 0.25) is 0 Å². The number of rotatable bonds is 28. The summed E-state index contributed by atoms with van der Waals surface area (Å²) in [7, 11) is 0. The van der Waals surface area contributed by atoms with Gasteiger partial charge >= 0.3 is 21.1 Å². The molecule has 0 unspecified atom stereocenters.